The highest BCUT2D eigenvalue weighted by atomic mass is 32.2. The van der Waals surface area contributed by atoms with Crippen molar-refractivity contribution in [2.24, 2.45) is 11.8 Å². The highest BCUT2D eigenvalue weighted by molar-refractivity contribution is 7.89. The number of aliphatic hydroxyl groups is 1. The maximum atomic E-state index is 13.7. The molecule has 206 valence electrons. The van der Waals surface area contributed by atoms with Crippen LogP contribution in [0.1, 0.15) is 37.0 Å². The van der Waals surface area contributed by atoms with Crippen molar-refractivity contribution in [1.29, 1.82) is 0 Å². The van der Waals surface area contributed by atoms with Gasteiger partial charge in [-0.15, -0.1) is 0 Å². The highest BCUT2D eigenvalue weighted by Crippen LogP contribution is 2.37. The van der Waals surface area contributed by atoms with E-state index in [-0.39, 0.29) is 47.4 Å². The number of amides is 2. The Morgan fingerprint density at radius 2 is 1.71 bits per heavy atom. The largest absolute Gasteiger partial charge is 0.487 e. The molecule has 2 amide bonds. The summed E-state index contributed by atoms with van der Waals surface area (Å²) in [7, 11) is 1.17. The predicted octanol–water partition coefficient (Wildman–Crippen LogP) is 2.69. The molecule has 2 aromatic rings. The summed E-state index contributed by atoms with van der Waals surface area (Å²) in [6, 6.07) is 11.4. The zero-order valence-corrected chi connectivity index (χ0v) is 23.4. The van der Waals surface area contributed by atoms with E-state index in [9.17, 15) is 23.1 Å². The quantitative estimate of drug-likeness (QED) is 0.576. The summed E-state index contributed by atoms with van der Waals surface area (Å²) >= 11 is 0. The van der Waals surface area contributed by atoms with Gasteiger partial charge in [0.1, 0.15) is 16.7 Å². The lowest BCUT2D eigenvalue weighted by molar-refractivity contribution is -0.132. The minimum absolute atomic E-state index is 0.0222. The van der Waals surface area contributed by atoms with Crippen molar-refractivity contribution < 1.29 is 27.9 Å². The number of hydrogen-bond donors (Lipinski definition) is 1. The Labute approximate surface area is 225 Å². The van der Waals surface area contributed by atoms with Crippen LogP contribution in [-0.4, -0.2) is 92.4 Å². The molecule has 3 atom stereocenters. The molecule has 38 heavy (non-hydrogen) atoms. The van der Waals surface area contributed by atoms with E-state index in [1.54, 1.807) is 57.2 Å². The van der Waals surface area contributed by atoms with E-state index in [1.807, 2.05) is 19.1 Å². The number of benzene rings is 2. The number of fused-ring (bicyclic) bond motifs is 1. The van der Waals surface area contributed by atoms with Gasteiger partial charge >= 0.3 is 0 Å². The van der Waals surface area contributed by atoms with E-state index in [4.69, 9.17) is 4.74 Å². The molecule has 0 spiro atoms. The summed E-state index contributed by atoms with van der Waals surface area (Å²) in [6.07, 6.45) is 1.34. The molecule has 4 rings (SSSR count). The molecule has 1 fully saturated rings. The predicted molar refractivity (Wildman–Crippen MR) is 144 cm³/mol. The molecule has 1 heterocycles. The van der Waals surface area contributed by atoms with Gasteiger partial charge in [-0.2, -0.15) is 4.31 Å². The molecule has 9 nitrogen and oxygen atoms in total. The lowest BCUT2D eigenvalue weighted by Gasteiger charge is -2.37. The van der Waals surface area contributed by atoms with Crippen LogP contribution in [0.5, 0.6) is 5.75 Å². The normalized spacial score (nSPS) is 21.8. The van der Waals surface area contributed by atoms with E-state index < -0.39 is 22.2 Å². The number of sulfonamides is 1. The maximum absolute atomic E-state index is 13.7. The first-order valence-corrected chi connectivity index (χ1v) is 14.4. The molecule has 2 aliphatic rings. The van der Waals surface area contributed by atoms with Gasteiger partial charge in [0.15, 0.2) is 0 Å². The van der Waals surface area contributed by atoms with Crippen molar-refractivity contribution in [2.75, 3.05) is 40.8 Å². The smallest absolute Gasteiger partial charge is 0.253 e. The average molecular weight is 544 g/mol. The topological polar surface area (TPSA) is 107 Å². The van der Waals surface area contributed by atoms with Gasteiger partial charge in [-0.05, 0) is 55.2 Å². The number of carbonyl (C=O) groups excluding carboxylic acids is 2. The number of likely N-dealkylation sites (N-methyl/N-ethyl adjacent to an activating group) is 1. The molecule has 1 aliphatic heterocycles. The third-order valence-corrected chi connectivity index (χ3v) is 9.31. The number of nitrogens with zero attached hydrogens (tertiary/aromatic N) is 3. The SMILES string of the molecule is C[C@@H]1CN([C@@H](C)CO)S(=O)(=O)c2ccc(-c3ccc(C(=O)N(C)C)cc3)cc2O[C@H]1CN(C)C(=O)C1CC1. The minimum Gasteiger partial charge on any atom is -0.487 e. The van der Waals surface area contributed by atoms with Gasteiger partial charge in [0.25, 0.3) is 5.91 Å². The average Bonchev–Trinajstić information content (AvgIpc) is 3.74. The second kappa shape index (κ2) is 11.0. The second-order valence-corrected chi connectivity index (χ2v) is 12.5. The Hall–Kier alpha value is -2.95. The Morgan fingerprint density at radius 3 is 2.29 bits per heavy atom. The van der Waals surface area contributed by atoms with Crippen molar-refractivity contribution in [2.45, 2.75) is 43.7 Å². The molecule has 2 aromatic carbocycles. The van der Waals surface area contributed by atoms with Crippen molar-refractivity contribution in [3.63, 3.8) is 0 Å². The number of hydrogen-bond acceptors (Lipinski definition) is 6. The van der Waals surface area contributed by atoms with Gasteiger partial charge in [0, 0.05) is 51.1 Å². The first-order chi connectivity index (χ1) is 17.9. The van der Waals surface area contributed by atoms with Crippen LogP contribution in [0.15, 0.2) is 47.4 Å². The highest BCUT2D eigenvalue weighted by Gasteiger charge is 2.39. The standard InChI is InChI=1S/C28H37N3O6S/c1-18-15-31(19(2)17-32)38(35,36)26-13-12-23(20-6-8-21(9-7-20)27(33)29(3)4)14-24(26)37-25(18)16-30(5)28(34)22-10-11-22/h6-9,12-14,18-19,22,25,32H,10-11,15-17H2,1-5H3/t18-,19+,25+/m1/s1. The Kier molecular flexibility index (Phi) is 8.15. The van der Waals surface area contributed by atoms with E-state index in [0.29, 0.717) is 12.1 Å². The Morgan fingerprint density at radius 1 is 1.08 bits per heavy atom. The van der Waals surface area contributed by atoms with Crippen molar-refractivity contribution in [3.05, 3.63) is 48.0 Å². The first kappa shape index (κ1) is 28.1. The lowest BCUT2D eigenvalue weighted by atomic mass is 10.0. The van der Waals surface area contributed by atoms with Crippen LogP contribution in [0, 0.1) is 11.8 Å². The third kappa shape index (κ3) is 5.72. The van der Waals surface area contributed by atoms with Crippen LogP contribution in [0.3, 0.4) is 0 Å². The summed E-state index contributed by atoms with van der Waals surface area (Å²) in [5.74, 6) is -0.00556. The van der Waals surface area contributed by atoms with Crippen LogP contribution in [0.25, 0.3) is 11.1 Å². The van der Waals surface area contributed by atoms with E-state index >= 15 is 0 Å². The fourth-order valence-electron chi connectivity index (χ4n) is 4.69. The van der Waals surface area contributed by atoms with Crippen LogP contribution in [0.4, 0.5) is 0 Å². The van der Waals surface area contributed by atoms with Gasteiger partial charge in [-0.1, -0.05) is 25.1 Å². The zero-order valence-electron chi connectivity index (χ0n) is 22.6. The van der Waals surface area contributed by atoms with Crippen LogP contribution in [-0.2, 0) is 14.8 Å². The third-order valence-electron chi connectivity index (χ3n) is 7.30. The minimum atomic E-state index is -3.97. The Bertz CT molecular complexity index is 1290. The number of aliphatic hydroxyl groups excluding tert-OH is 1. The second-order valence-electron chi connectivity index (χ2n) is 10.7. The van der Waals surface area contributed by atoms with Crippen LogP contribution >= 0.6 is 0 Å². The molecule has 0 unspecified atom stereocenters. The number of rotatable bonds is 7. The van der Waals surface area contributed by atoms with Gasteiger partial charge in [-0.25, -0.2) is 8.42 Å². The molecule has 0 bridgehead atoms. The molecular weight excluding hydrogens is 506 g/mol. The van der Waals surface area contributed by atoms with Gasteiger partial charge < -0.3 is 19.6 Å². The van der Waals surface area contributed by atoms with Gasteiger partial charge in [0.2, 0.25) is 15.9 Å². The fraction of sp³-hybridized carbons (Fsp3) is 0.500. The number of ether oxygens (including phenoxy) is 1. The molecular formula is C28H37N3O6S. The van der Waals surface area contributed by atoms with Crippen molar-refractivity contribution >= 4 is 21.8 Å². The summed E-state index contributed by atoms with van der Waals surface area (Å²) in [4.78, 5) is 28.1. The van der Waals surface area contributed by atoms with E-state index in [2.05, 4.69) is 0 Å². The first-order valence-electron chi connectivity index (χ1n) is 12.9. The Balaban J connectivity index is 1.73. The summed E-state index contributed by atoms with van der Waals surface area (Å²) < 4.78 is 35.2. The lowest BCUT2D eigenvalue weighted by Crippen LogP contribution is -2.50. The van der Waals surface area contributed by atoms with Crippen LogP contribution < -0.4 is 4.74 Å². The molecule has 10 heteroatoms. The van der Waals surface area contributed by atoms with Gasteiger partial charge in [-0.3, -0.25) is 9.59 Å². The molecule has 0 saturated heterocycles. The molecule has 1 N–H and O–H groups in total. The summed E-state index contributed by atoms with van der Waals surface area (Å²) in [6.45, 7) is 3.74. The summed E-state index contributed by atoms with van der Waals surface area (Å²) in [5, 5.41) is 9.84. The van der Waals surface area contributed by atoms with Crippen LogP contribution in [0.2, 0.25) is 0 Å². The van der Waals surface area contributed by atoms with Crippen molar-refractivity contribution in [3.8, 4) is 16.9 Å². The molecule has 0 radical (unpaired) electrons. The summed E-state index contributed by atoms with van der Waals surface area (Å²) in [5.41, 5.74) is 2.09. The molecule has 0 aromatic heterocycles. The fourth-order valence-corrected chi connectivity index (χ4v) is 6.51. The monoisotopic (exact) mass is 543 g/mol. The number of carbonyl (C=O) groups is 2. The zero-order chi connectivity index (χ0) is 27.8. The van der Waals surface area contributed by atoms with Gasteiger partial charge in [0.05, 0.1) is 13.2 Å². The van der Waals surface area contributed by atoms with E-state index in [0.717, 1.165) is 24.0 Å². The molecule has 1 saturated carbocycles. The van der Waals surface area contributed by atoms with E-state index in [1.165, 1.54) is 15.3 Å². The molecule has 1 aliphatic carbocycles. The maximum Gasteiger partial charge on any atom is 0.253 e. The van der Waals surface area contributed by atoms with Crippen molar-refractivity contribution in [1.82, 2.24) is 14.1 Å².